The molecule has 1 saturated heterocycles. The summed E-state index contributed by atoms with van der Waals surface area (Å²) in [5, 5.41) is 15.1. The van der Waals surface area contributed by atoms with Crippen LogP contribution in [0.3, 0.4) is 0 Å². The fraction of sp³-hybridized carbons (Fsp3) is 0.286. The van der Waals surface area contributed by atoms with Crippen molar-refractivity contribution in [1.29, 1.82) is 0 Å². The topological polar surface area (TPSA) is 74.9 Å². The molecule has 1 atom stereocenters. The van der Waals surface area contributed by atoms with E-state index in [1.165, 1.54) is 0 Å². The van der Waals surface area contributed by atoms with E-state index in [9.17, 15) is 9.90 Å². The average molecular weight is 366 g/mol. The Morgan fingerprint density at radius 2 is 2.04 bits per heavy atom. The second-order valence-electron chi connectivity index (χ2n) is 6.72. The van der Waals surface area contributed by atoms with Crippen molar-refractivity contribution in [1.82, 2.24) is 10.2 Å². The lowest BCUT2D eigenvalue weighted by Gasteiger charge is -2.28. The quantitative estimate of drug-likeness (QED) is 0.700. The van der Waals surface area contributed by atoms with Crippen molar-refractivity contribution in [3.05, 3.63) is 55.0 Å². The van der Waals surface area contributed by atoms with Crippen LogP contribution in [0.4, 0.5) is 0 Å². The number of β-amino-alcohol motifs (C(OH)–C–C–N with tert-alkyl or cyclic N) is 1. The zero-order valence-corrected chi connectivity index (χ0v) is 14.9. The summed E-state index contributed by atoms with van der Waals surface area (Å²) in [7, 11) is 0. The fourth-order valence-electron chi connectivity index (χ4n) is 3.45. The number of ether oxygens (including phenoxy) is 1. The van der Waals surface area contributed by atoms with E-state index in [1.54, 1.807) is 12.5 Å². The number of benzene rings is 2. The molecule has 2 N–H and O–H groups in total. The molecule has 1 aliphatic rings. The van der Waals surface area contributed by atoms with Crippen LogP contribution >= 0.6 is 0 Å². The normalized spacial score (nSPS) is 16.3. The Morgan fingerprint density at radius 3 is 2.81 bits per heavy atom. The van der Waals surface area contributed by atoms with Gasteiger partial charge in [-0.15, -0.1) is 0 Å². The lowest BCUT2D eigenvalue weighted by molar-refractivity contribution is -0.124. The summed E-state index contributed by atoms with van der Waals surface area (Å²) in [5.74, 6) is 0.725. The minimum absolute atomic E-state index is 0.00445. The summed E-state index contributed by atoms with van der Waals surface area (Å²) in [6.45, 7) is 2.27. The van der Waals surface area contributed by atoms with Crippen molar-refractivity contribution in [3.8, 4) is 16.9 Å². The number of hydrogen-bond acceptors (Lipinski definition) is 5. The van der Waals surface area contributed by atoms with Crippen molar-refractivity contribution >= 4 is 16.7 Å². The Balaban J connectivity index is 1.48. The number of nitrogens with one attached hydrogen (secondary N) is 1. The number of rotatable bonds is 6. The van der Waals surface area contributed by atoms with E-state index < -0.39 is 6.10 Å². The molecule has 1 aromatic heterocycles. The molecule has 0 aliphatic carbocycles. The molecule has 1 aliphatic heterocycles. The summed E-state index contributed by atoms with van der Waals surface area (Å²) < 4.78 is 11.1. The Labute approximate surface area is 157 Å². The van der Waals surface area contributed by atoms with E-state index >= 15 is 0 Å². The van der Waals surface area contributed by atoms with E-state index in [0.29, 0.717) is 19.6 Å². The first-order valence-electron chi connectivity index (χ1n) is 9.05. The van der Waals surface area contributed by atoms with E-state index in [-0.39, 0.29) is 12.5 Å². The first kappa shape index (κ1) is 17.6. The minimum Gasteiger partial charge on any atom is -0.490 e. The maximum absolute atomic E-state index is 11.4. The van der Waals surface area contributed by atoms with Gasteiger partial charge in [0.2, 0.25) is 5.91 Å². The molecule has 0 spiro atoms. The van der Waals surface area contributed by atoms with Gasteiger partial charge < -0.3 is 19.6 Å². The second-order valence-corrected chi connectivity index (χ2v) is 6.72. The number of carbonyl (C=O) groups is 1. The Morgan fingerprint density at radius 1 is 1.19 bits per heavy atom. The highest BCUT2D eigenvalue weighted by Gasteiger charge is 2.19. The molecule has 1 unspecified atom stereocenters. The van der Waals surface area contributed by atoms with Crippen LogP contribution in [0.25, 0.3) is 21.9 Å². The van der Waals surface area contributed by atoms with Crippen molar-refractivity contribution in [2.75, 3.05) is 32.8 Å². The molecule has 0 saturated carbocycles. The number of aliphatic hydroxyl groups excluding tert-OH is 1. The first-order valence-corrected chi connectivity index (χ1v) is 9.05. The van der Waals surface area contributed by atoms with Crippen molar-refractivity contribution in [2.24, 2.45) is 0 Å². The van der Waals surface area contributed by atoms with Crippen LogP contribution in [0, 0.1) is 0 Å². The maximum atomic E-state index is 11.4. The Hall–Kier alpha value is -2.83. The molecule has 3 aromatic rings. The molecule has 0 radical (unpaired) electrons. The number of carbonyl (C=O) groups excluding carboxylic acids is 1. The molecule has 2 aromatic carbocycles. The predicted molar refractivity (Wildman–Crippen MR) is 103 cm³/mol. The highest BCUT2D eigenvalue weighted by atomic mass is 16.5. The number of fused-ring (bicyclic) bond motifs is 1. The molecule has 2 heterocycles. The standard InChI is InChI=1S/C21H22N2O4/c24-16(11-23-9-8-22-21(25)12-23)14-27-20-6-5-17(15-7-10-26-13-15)18-3-1-2-4-19(18)20/h1-7,10,13,16,24H,8-9,11-12,14H2,(H,22,25). The van der Waals surface area contributed by atoms with Gasteiger partial charge in [0, 0.05) is 30.6 Å². The highest BCUT2D eigenvalue weighted by Crippen LogP contribution is 2.34. The van der Waals surface area contributed by atoms with Crippen molar-refractivity contribution < 1.29 is 19.1 Å². The van der Waals surface area contributed by atoms with E-state index in [0.717, 1.165) is 34.2 Å². The number of nitrogens with zero attached hydrogens (tertiary/aromatic N) is 1. The summed E-state index contributed by atoms with van der Waals surface area (Å²) in [6, 6.07) is 13.9. The number of piperazine rings is 1. The zero-order chi connectivity index (χ0) is 18.6. The van der Waals surface area contributed by atoms with Gasteiger partial charge in [0.25, 0.3) is 0 Å². The molecule has 1 amide bonds. The van der Waals surface area contributed by atoms with Crippen LogP contribution < -0.4 is 10.1 Å². The molecule has 0 bridgehead atoms. The average Bonchev–Trinajstić information content (AvgIpc) is 3.20. The molecule has 6 heteroatoms. The minimum atomic E-state index is -0.664. The molecule has 140 valence electrons. The van der Waals surface area contributed by atoms with Crippen molar-refractivity contribution in [2.45, 2.75) is 6.10 Å². The van der Waals surface area contributed by atoms with Gasteiger partial charge in [-0.25, -0.2) is 0 Å². The molecule has 4 rings (SSSR count). The number of amides is 1. The molecular weight excluding hydrogens is 344 g/mol. The fourth-order valence-corrected chi connectivity index (χ4v) is 3.45. The van der Waals surface area contributed by atoms with Crippen LogP contribution in [0.5, 0.6) is 5.75 Å². The number of hydrogen-bond donors (Lipinski definition) is 2. The maximum Gasteiger partial charge on any atom is 0.234 e. The lowest BCUT2D eigenvalue weighted by atomic mass is 9.99. The number of aliphatic hydroxyl groups is 1. The van der Waals surface area contributed by atoms with Gasteiger partial charge in [-0.3, -0.25) is 9.69 Å². The van der Waals surface area contributed by atoms with E-state index in [4.69, 9.17) is 9.15 Å². The Kier molecular flexibility index (Phi) is 5.09. The summed E-state index contributed by atoms with van der Waals surface area (Å²) in [6.07, 6.45) is 2.72. The van der Waals surface area contributed by atoms with Crippen LogP contribution in [0.1, 0.15) is 0 Å². The number of furan rings is 1. The van der Waals surface area contributed by atoms with E-state index in [2.05, 4.69) is 5.32 Å². The lowest BCUT2D eigenvalue weighted by Crippen LogP contribution is -2.50. The van der Waals surface area contributed by atoms with Crippen LogP contribution in [-0.4, -0.2) is 54.8 Å². The summed E-state index contributed by atoms with van der Waals surface area (Å²) in [5.41, 5.74) is 2.09. The molecule has 1 fully saturated rings. The van der Waals surface area contributed by atoms with Gasteiger partial charge in [0.05, 0.1) is 19.1 Å². The van der Waals surface area contributed by atoms with Crippen molar-refractivity contribution in [3.63, 3.8) is 0 Å². The summed E-state index contributed by atoms with van der Waals surface area (Å²) >= 11 is 0. The van der Waals surface area contributed by atoms with Gasteiger partial charge in [-0.05, 0) is 29.1 Å². The van der Waals surface area contributed by atoms with Gasteiger partial charge in [-0.2, -0.15) is 0 Å². The first-order chi connectivity index (χ1) is 13.2. The van der Waals surface area contributed by atoms with Gasteiger partial charge in [-0.1, -0.05) is 24.3 Å². The van der Waals surface area contributed by atoms with Crippen LogP contribution in [0.15, 0.2) is 59.4 Å². The monoisotopic (exact) mass is 366 g/mol. The van der Waals surface area contributed by atoms with Crippen LogP contribution in [-0.2, 0) is 4.79 Å². The smallest absolute Gasteiger partial charge is 0.234 e. The predicted octanol–water partition coefficient (Wildman–Crippen LogP) is 2.27. The van der Waals surface area contributed by atoms with Gasteiger partial charge in [0.1, 0.15) is 18.5 Å². The third kappa shape index (κ3) is 3.97. The van der Waals surface area contributed by atoms with Gasteiger partial charge in [0.15, 0.2) is 0 Å². The summed E-state index contributed by atoms with van der Waals surface area (Å²) in [4.78, 5) is 13.4. The second kappa shape index (κ2) is 7.82. The van der Waals surface area contributed by atoms with Gasteiger partial charge >= 0.3 is 0 Å². The molecule has 27 heavy (non-hydrogen) atoms. The largest absolute Gasteiger partial charge is 0.490 e. The molecular formula is C21H22N2O4. The SMILES string of the molecule is O=C1CN(CC(O)COc2ccc(-c3ccoc3)c3ccccc23)CCN1. The molecule has 6 nitrogen and oxygen atoms in total. The third-order valence-electron chi connectivity index (χ3n) is 4.73. The highest BCUT2D eigenvalue weighted by molar-refractivity contribution is 5.99. The van der Waals surface area contributed by atoms with Crippen LogP contribution in [0.2, 0.25) is 0 Å². The zero-order valence-electron chi connectivity index (χ0n) is 14.9. The van der Waals surface area contributed by atoms with E-state index in [1.807, 2.05) is 47.4 Å². The Bertz CT molecular complexity index is 923. The third-order valence-corrected chi connectivity index (χ3v) is 4.73.